The maximum absolute atomic E-state index is 12.0. The Balaban J connectivity index is 1.93. The highest BCUT2D eigenvalue weighted by molar-refractivity contribution is 5.97. The summed E-state index contributed by atoms with van der Waals surface area (Å²) in [4.78, 5) is 14.2. The van der Waals surface area contributed by atoms with Crippen molar-refractivity contribution >= 4 is 5.78 Å². The maximum atomic E-state index is 12.0. The molecule has 88 valence electrons. The predicted molar refractivity (Wildman–Crippen MR) is 64.5 cm³/mol. The van der Waals surface area contributed by atoms with Crippen molar-refractivity contribution in [2.75, 3.05) is 19.6 Å². The summed E-state index contributed by atoms with van der Waals surface area (Å²) in [5.74, 6) is 1.66. The van der Waals surface area contributed by atoms with Crippen molar-refractivity contribution in [2.45, 2.75) is 13.8 Å². The van der Waals surface area contributed by atoms with Gasteiger partial charge in [-0.3, -0.25) is 9.69 Å². The van der Waals surface area contributed by atoms with Crippen molar-refractivity contribution < 1.29 is 4.79 Å². The zero-order valence-electron chi connectivity index (χ0n) is 10.3. The van der Waals surface area contributed by atoms with Crippen molar-refractivity contribution in [1.82, 2.24) is 9.47 Å². The van der Waals surface area contributed by atoms with Crippen LogP contribution >= 0.6 is 0 Å². The van der Waals surface area contributed by atoms with Gasteiger partial charge in [0.2, 0.25) is 0 Å². The topological polar surface area (TPSA) is 25.2 Å². The van der Waals surface area contributed by atoms with Crippen molar-refractivity contribution in [3.63, 3.8) is 0 Å². The van der Waals surface area contributed by atoms with E-state index in [-0.39, 0.29) is 5.78 Å². The molecule has 2 heterocycles. The van der Waals surface area contributed by atoms with E-state index in [1.54, 1.807) is 0 Å². The summed E-state index contributed by atoms with van der Waals surface area (Å²) in [5.41, 5.74) is 0.828. The Bertz CT molecular complexity index is 373. The molecule has 0 bridgehead atoms. The van der Waals surface area contributed by atoms with Crippen molar-refractivity contribution in [2.24, 2.45) is 18.9 Å². The summed E-state index contributed by atoms with van der Waals surface area (Å²) in [6.07, 6.45) is 3.81. The third kappa shape index (κ3) is 2.35. The first-order valence-electron chi connectivity index (χ1n) is 5.94. The fourth-order valence-electron chi connectivity index (χ4n) is 2.34. The number of aromatic nitrogens is 1. The number of rotatable bonds is 3. The summed E-state index contributed by atoms with van der Waals surface area (Å²) >= 11 is 0. The Morgan fingerprint density at radius 1 is 1.38 bits per heavy atom. The van der Waals surface area contributed by atoms with Gasteiger partial charge in [-0.15, -0.1) is 0 Å². The van der Waals surface area contributed by atoms with Crippen LogP contribution in [0.1, 0.15) is 24.2 Å². The number of carbonyl (C=O) groups excluding carboxylic acids is 1. The van der Waals surface area contributed by atoms with Crippen LogP contribution in [0.15, 0.2) is 18.5 Å². The molecular weight excluding hydrogens is 200 g/mol. The molecule has 1 saturated heterocycles. The Labute approximate surface area is 97.1 Å². The average molecular weight is 220 g/mol. The molecule has 2 atom stereocenters. The van der Waals surface area contributed by atoms with E-state index in [0.717, 1.165) is 18.7 Å². The Morgan fingerprint density at radius 2 is 2.00 bits per heavy atom. The summed E-state index contributed by atoms with van der Waals surface area (Å²) in [7, 11) is 1.94. The van der Waals surface area contributed by atoms with Gasteiger partial charge in [-0.05, 0) is 17.9 Å². The standard InChI is InChI=1S/C13H20N2O/c1-10-6-15(7-11(10)2)9-13(16)12-4-5-14(3)8-12/h4-5,8,10-11H,6-7,9H2,1-3H3. The Kier molecular flexibility index (Phi) is 3.15. The molecule has 2 unspecified atom stereocenters. The highest BCUT2D eigenvalue weighted by Crippen LogP contribution is 2.22. The van der Waals surface area contributed by atoms with Crippen LogP contribution in [0.2, 0.25) is 0 Å². The molecule has 0 radical (unpaired) electrons. The smallest absolute Gasteiger partial charge is 0.178 e. The summed E-state index contributed by atoms with van der Waals surface area (Å²) in [5, 5.41) is 0. The SMILES string of the molecule is CC1CN(CC(=O)c2ccn(C)c2)CC1C. The molecule has 1 aromatic rings. The molecule has 16 heavy (non-hydrogen) atoms. The molecule has 1 aliphatic rings. The predicted octanol–water partition coefficient (Wildman–Crippen LogP) is 1.80. The van der Waals surface area contributed by atoms with Gasteiger partial charge in [0.1, 0.15) is 0 Å². The summed E-state index contributed by atoms with van der Waals surface area (Å²) in [6, 6.07) is 1.89. The van der Waals surface area contributed by atoms with Crippen LogP contribution in [0.5, 0.6) is 0 Å². The van der Waals surface area contributed by atoms with E-state index in [2.05, 4.69) is 18.7 Å². The van der Waals surface area contributed by atoms with E-state index >= 15 is 0 Å². The van der Waals surface area contributed by atoms with Gasteiger partial charge in [-0.2, -0.15) is 0 Å². The summed E-state index contributed by atoms with van der Waals surface area (Å²) in [6.45, 7) is 7.20. The second kappa shape index (κ2) is 4.42. The maximum Gasteiger partial charge on any atom is 0.178 e. The highest BCUT2D eigenvalue weighted by atomic mass is 16.1. The number of ketones is 1. The van der Waals surface area contributed by atoms with Gasteiger partial charge in [-0.1, -0.05) is 13.8 Å². The van der Waals surface area contributed by atoms with E-state index in [0.29, 0.717) is 18.4 Å². The van der Waals surface area contributed by atoms with Gasteiger partial charge in [-0.25, -0.2) is 0 Å². The van der Waals surface area contributed by atoms with E-state index in [4.69, 9.17) is 0 Å². The first kappa shape index (κ1) is 11.4. The lowest BCUT2D eigenvalue weighted by atomic mass is 10.0. The molecule has 0 amide bonds. The number of nitrogens with zero attached hydrogens (tertiary/aromatic N) is 2. The molecule has 2 rings (SSSR count). The van der Waals surface area contributed by atoms with E-state index in [1.807, 2.05) is 30.1 Å². The molecule has 0 aliphatic carbocycles. The van der Waals surface area contributed by atoms with Gasteiger partial charge in [0.15, 0.2) is 5.78 Å². The molecule has 0 saturated carbocycles. The minimum absolute atomic E-state index is 0.238. The fraction of sp³-hybridized carbons (Fsp3) is 0.615. The monoisotopic (exact) mass is 220 g/mol. The second-order valence-electron chi connectivity index (χ2n) is 5.14. The van der Waals surface area contributed by atoms with Gasteiger partial charge in [0, 0.05) is 38.1 Å². The number of Topliss-reactive ketones (excluding diaryl/α,β-unsaturated/α-hetero) is 1. The molecule has 1 aromatic heterocycles. The van der Waals surface area contributed by atoms with Crippen LogP contribution in [0.25, 0.3) is 0 Å². The van der Waals surface area contributed by atoms with Crippen LogP contribution < -0.4 is 0 Å². The number of carbonyl (C=O) groups is 1. The lowest BCUT2D eigenvalue weighted by Crippen LogP contribution is -2.27. The number of hydrogen-bond acceptors (Lipinski definition) is 2. The third-order valence-electron chi connectivity index (χ3n) is 3.58. The van der Waals surface area contributed by atoms with Gasteiger partial charge in [0.05, 0.1) is 6.54 Å². The van der Waals surface area contributed by atoms with Crippen LogP contribution in [0.4, 0.5) is 0 Å². The Hall–Kier alpha value is -1.09. The van der Waals surface area contributed by atoms with Crippen molar-refractivity contribution in [3.8, 4) is 0 Å². The lowest BCUT2D eigenvalue weighted by molar-refractivity contribution is 0.0942. The zero-order valence-corrected chi connectivity index (χ0v) is 10.3. The average Bonchev–Trinajstić information content (AvgIpc) is 2.75. The van der Waals surface area contributed by atoms with E-state index < -0.39 is 0 Å². The van der Waals surface area contributed by atoms with Crippen LogP contribution in [-0.2, 0) is 7.05 Å². The van der Waals surface area contributed by atoms with Crippen LogP contribution in [-0.4, -0.2) is 34.9 Å². The largest absolute Gasteiger partial charge is 0.357 e. The highest BCUT2D eigenvalue weighted by Gasteiger charge is 2.27. The van der Waals surface area contributed by atoms with E-state index in [1.165, 1.54) is 0 Å². The van der Waals surface area contributed by atoms with E-state index in [9.17, 15) is 4.79 Å². The molecule has 1 aliphatic heterocycles. The minimum Gasteiger partial charge on any atom is -0.357 e. The zero-order chi connectivity index (χ0) is 11.7. The second-order valence-corrected chi connectivity index (χ2v) is 5.14. The van der Waals surface area contributed by atoms with Gasteiger partial charge in [0.25, 0.3) is 0 Å². The molecule has 0 N–H and O–H groups in total. The first-order chi connectivity index (χ1) is 7.56. The molecule has 3 nitrogen and oxygen atoms in total. The van der Waals surface area contributed by atoms with Crippen molar-refractivity contribution in [3.05, 3.63) is 24.0 Å². The van der Waals surface area contributed by atoms with Crippen LogP contribution in [0, 0.1) is 11.8 Å². The first-order valence-corrected chi connectivity index (χ1v) is 5.94. The molecular formula is C13H20N2O. The molecule has 0 spiro atoms. The van der Waals surface area contributed by atoms with Crippen LogP contribution in [0.3, 0.4) is 0 Å². The molecule has 3 heteroatoms. The number of aryl methyl sites for hydroxylation is 1. The molecule has 0 aromatic carbocycles. The number of hydrogen-bond donors (Lipinski definition) is 0. The normalized spacial score (nSPS) is 26.2. The third-order valence-corrected chi connectivity index (χ3v) is 3.58. The Morgan fingerprint density at radius 3 is 2.50 bits per heavy atom. The van der Waals surface area contributed by atoms with Gasteiger partial charge >= 0.3 is 0 Å². The quantitative estimate of drug-likeness (QED) is 0.726. The van der Waals surface area contributed by atoms with Gasteiger partial charge < -0.3 is 4.57 Å². The lowest BCUT2D eigenvalue weighted by Gasteiger charge is -2.13. The number of likely N-dealkylation sites (tertiary alicyclic amines) is 1. The fourth-order valence-corrected chi connectivity index (χ4v) is 2.34. The molecule has 1 fully saturated rings. The van der Waals surface area contributed by atoms with Crippen molar-refractivity contribution in [1.29, 1.82) is 0 Å². The minimum atomic E-state index is 0.238. The summed E-state index contributed by atoms with van der Waals surface area (Å²) < 4.78 is 1.92.